The minimum Gasteiger partial charge on any atom is -0.266 e. The van der Waals surface area contributed by atoms with E-state index < -0.39 is 5.91 Å². The Morgan fingerprint density at radius 1 is 0.897 bits per heavy atom. The minimum atomic E-state index is -0.405. The first-order valence-electron chi connectivity index (χ1n) is 9.11. The summed E-state index contributed by atoms with van der Waals surface area (Å²) < 4.78 is 0. The van der Waals surface area contributed by atoms with Crippen molar-refractivity contribution in [3.63, 3.8) is 0 Å². The van der Waals surface area contributed by atoms with Crippen LogP contribution in [0, 0.1) is 0 Å². The van der Waals surface area contributed by atoms with Crippen molar-refractivity contribution in [2.24, 2.45) is 5.10 Å². The maximum atomic E-state index is 13.0. The summed E-state index contributed by atoms with van der Waals surface area (Å²) in [6.45, 7) is 5.38. The summed E-state index contributed by atoms with van der Waals surface area (Å²) in [5.41, 5.74) is 2.90. The molecule has 0 saturated carbocycles. The molecule has 0 aliphatic carbocycles. The van der Waals surface area contributed by atoms with Crippen LogP contribution in [0.25, 0.3) is 0 Å². The zero-order valence-corrected chi connectivity index (χ0v) is 17.6. The van der Waals surface area contributed by atoms with Crippen LogP contribution in [0.2, 0.25) is 0 Å². The monoisotopic (exact) mass is 420 g/mol. The lowest BCUT2D eigenvalue weighted by molar-refractivity contribution is -0.114. The second-order valence-electron chi connectivity index (χ2n) is 6.28. The molecule has 3 aromatic rings. The van der Waals surface area contributed by atoms with Gasteiger partial charge in [0.25, 0.3) is 5.91 Å². The molecule has 1 amide bonds. The van der Waals surface area contributed by atoms with Gasteiger partial charge in [-0.3, -0.25) is 4.79 Å². The highest BCUT2D eigenvalue weighted by molar-refractivity contribution is 8.03. The van der Waals surface area contributed by atoms with Crippen LogP contribution < -0.4 is 5.01 Å². The summed E-state index contributed by atoms with van der Waals surface area (Å²) in [4.78, 5) is 13.7. The minimum absolute atomic E-state index is 0.0146. The molecule has 5 heteroatoms. The van der Waals surface area contributed by atoms with Crippen molar-refractivity contribution in [1.29, 1.82) is 0 Å². The van der Waals surface area contributed by atoms with Gasteiger partial charge in [0, 0.05) is 11.6 Å². The highest BCUT2D eigenvalue weighted by Crippen LogP contribution is 2.41. The van der Waals surface area contributed by atoms with Crippen LogP contribution in [0.15, 0.2) is 106 Å². The molecule has 0 aliphatic rings. The lowest BCUT2D eigenvalue weighted by atomic mass is 10.0. The van der Waals surface area contributed by atoms with Gasteiger partial charge in [-0.1, -0.05) is 90.5 Å². The van der Waals surface area contributed by atoms with Crippen molar-refractivity contribution in [2.45, 2.75) is 12.2 Å². The van der Waals surface area contributed by atoms with Crippen molar-refractivity contribution in [2.75, 3.05) is 5.01 Å². The van der Waals surface area contributed by atoms with Gasteiger partial charge in [-0.25, -0.2) is 0 Å². The van der Waals surface area contributed by atoms with Crippen LogP contribution in [0.1, 0.15) is 23.3 Å². The molecule has 146 valence electrons. The molecule has 3 rings (SSSR count). The maximum absolute atomic E-state index is 13.0. The Hall–Kier alpha value is -2.82. The van der Waals surface area contributed by atoms with Crippen LogP contribution in [-0.2, 0) is 4.79 Å². The van der Waals surface area contributed by atoms with E-state index in [1.807, 2.05) is 61.5 Å². The van der Waals surface area contributed by atoms with Crippen LogP contribution in [0.5, 0.6) is 0 Å². The molecule has 0 spiro atoms. The van der Waals surface area contributed by atoms with E-state index in [0.29, 0.717) is 5.69 Å². The molecule has 0 bridgehead atoms. The summed E-state index contributed by atoms with van der Waals surface area (Å²) in [5, 5.41) is 5.22. The van der Waals surface area contributed by atoms with Gasteiger partial charge in [-0.2, -0.15) is 10.1 Å². The zero-order valence-electron chi connectivity index (χ0n) is 16.0. The fraction of sp³-hybridized carbons (Fsp3) is 0.0833. The Bertz CT molecular complexity index is 952. The molecule has 0 unspecified atom stereocenters. The number of allylic oxidation sites excluding steroid dienone is 1. The molecule has 0 N–H and O–H groups in total. The van der Waals surface area contributed by atoms with Crippen molar-refractivity contribution in [1.82, 2.24) is 0 Å². The van der Waals surface area contributed by atoms with E-state index in [-0.39, 0.29) is 10.3 Å². The summed E-state index contributed by atoms with van der Waals surface area (Å²) in [6, 6.07) is 29.5. The van der Waals surface area contributed by atoms with Gasteiger partial charge in [0.2, 0.25) is 0 Å². The number of hydrogen-bond acceptors (Lipinski definition) is 3. The number of carbonyl (C=O) groups excluding carboxylic acids is 1. The quantitative estimate of drug-likeness (QED) is 0.244. The lowest BCUT2D eigenvalue weighted by Crippen LogP contribution is -2.25. The van der Waals surface area contributed by atoms with Crippen LogP contribution in [-0.4, -0.2) is 12.6 Å². The topological polar surface area (TPSA) is 32.7 Å². The normalized spacial score (nSPS) is 11.7. The van der Waals surface area contributed by atoms with E-state index in [9.17, 15) is 4.79 Å². The van der Waals surface area contributed by atoms with Crippen molar-refractivity contribution >= 4 is 41.7 Å². The van der Waals surface area contributed by atoms with Gasteiger partial charge in [0.15, 0.2) is 0 Å². The number of halogens is 1. The molecule has 0 aliphatic heterocycles. The third-order valence-corrected chi connectivity index (χ3v) is 6.23. The van der Waals surface area contributed by atoms with Crippen molar-refractivity contribution < 1.29 is 4.79 Å². The highest BCUT2D eigenvalue weighted by Gasteiger charge is 2.23. The molecular formula is C24H21ClN2OS. The molecule has 3 aromatic carbocycles. The van der Waals surface area contributed by atoms with Crippen LogP contribution >= 0.6 is 23.4 Å². The summed E-state index contributed by atoms with van der Waals surface area (Å²) >= 11 is 8.05. The van der Waals surface area contributed by atoms with E-state index in [1.165, 1.54) is 5.01 Å². The molecule has 0 aromatic heterocycles. The Labute approximate surface area is 180 Å². The predicted octanol–water partition coefficient (Wildman–Crippen LogP) is 6.63. The lowest BCUT2D eigenvalue weighted by Gasteiger charge is -2.20. The van der Waals surface area contributed by atoms with Gasteiger partial charge in [0.1, 0.15) is 5.03 Å². The molecular weight excluding hydrogens is 400 g/mol. The average Bonchev–Trinajstić information content (AvgIpc) is 2.79. The molecule has 0 radical (unpaired) electrons. The van der Waals surface area contributed by atoms with Gasteiger partial charge < -0.3 is 0 Å². The van der Waals surface area contributed by atoms with Crippen molar-refractivity contribution in [3.05, 3.63) is 112 Å². The van der Waals surface area contributed by atoms with Gasteiger partial charge in [-0.15, -0.1) is 11.8 Å². The molecule has 0 fully saturated rings. The number of benzene rings is 3. The third kappa shape index (κ3) is 5.17. The molecule has 29 heavy (non-hydrogen) atoms. The second-order valence-corrected chi connectivity index (χ2v) is 7.98. The highest BCUT2D eigenvalue weighted by atomic mass is 35.5. The number of para-hydroxylation sites is 1. The smallest absolute Gasteiger partial charge is 0.266 e. The summed E-state index contributed by atoms with van der Waals surface area (Å²) in [7, 11) is 0. The van der Waals surface area contributed by atoms with E-state index >= 15 is 0 Å². The van der Waals surface area contributed by atoms with E-state index in [2.05, 4.69) is 36.1 Å². The number of hydrogen-bond donors (Lipinski definition) is 0. The number of amides is 1. The second kappa shape index (κ2) is 10.1. The SMILES string of the molecule is C=NN(C(=O)/C(Cl)=C(\C)SC(c1ccccc1)c1ccccc1)c1ccccc1. The van der Waals surface area contributed by atoms with E-state index in [1.54, 1.807) is 23.9 Å². The number of carbonyl (C=O) groups is 1. The molecule has 0 atom stereocenters. The zero-order chi connectivity index (χ0) is 20.6. The van der Waals surface area contributed by atoms with Gasteiger partial charge in [-0.05, 0) is 30.2 Å². The largest absolute Gasteiger partial charge is 0.290 e. The first-order valence-corrected chi connectivity index (χ1v) is 10.4. The molecule has 0 saturated heterocycles. The average molecular weight is 421 g/mol. The van der Waals surface area contributed by atoms with E-state index in [0.717, 1.165) is 16.0 Å². The fourth-order valence-corrected chi connectivity index (χ4v) is 4.23. The van der Waals surface area contributed by atoms with Gasteiger partial charge in [0.05, 0.1) is 10.9 Å². The molecule has 3 nitrogen and oxygen atoms in total. The van der Waals surface area contributed by atoms with Crippen LogP contribution in [0.3, 0.4) is 0 Å². The Morgan fingerprint density at radius 3 is 1.79 bits per heavy atom. The first kappa shape index (κ1) is 20.9. The summed E-state index contributed by atoms with van der Waals surface area (Å²) in [6.07, 6.45) is 0. The Morgan fingerprint density at radius 2 is 1.34 bits per heavy atom. The maximum Gasteiger partial charge on any atom is 0.290 e. The number of anilines is 1. The standard InChI is InChI=1S/C24H21ClN2OS/c1-18(22(25)24(28)27(26-2)21-16-10-5-11-17-21)29-23(19-12-6-3-7-13-19)20-14-8-4-9-15-20/h3-17,23H,2H2,1H3/b22-18-. The summed E-state index contributed by atoms with van der Waals surface area (Å²) in [5.74, 6) is -0.405. The fourth-order valence-electron chi connectivity index (χ4n) is 2.89. The predicted molar refractivity (Wildman–Crippen MR) is 124 cm³/mol. The van der Waals surface area contributed by atoms with E-state index in [4.69, 9.17) is 11.6 Å². The number of nitrogens with zero attached hydrogens (tertiary/aromatic N) is 2. The Kier molecular flexibility index (Phi) is 7.28. The molecule has 0 heterocycles. The number of thioether (sulfide) groups is 1. The Balaban J connectivity index is 1.91. The number of rotatable bonds is 7. The number of hydrazone groups is 1. The van der Waals surface area contributed by atoms with Crippen molar-refractivity contribution in [3.8, 4) is 0 Å². The van der Waals surface area contributed by atoms with Crippen LogP contribution in [0.4, 0.5) is 5.69 Å². The van der Waals surface area contributed by atoms with Gasteiger partial charge >= 0.3 is 0 Å². The third-order valence-electron chi connectivity index (χ3n) is 4.33. The first-order chi connectivity index (χ1) is 14.1.